The Labute approximate surface area is 135 Å². The van der Waals surface area contributed by atoms with Gasteiger partial charge in [-0.2, -0.15) is 17.6 Å². The van der Waals surface area contributed by atoms with Crippen LogP contribution in [-0.2, 0) is 16.1 Å². The molecule has 0 aliphatic heterocycles. The largest absolute Gasteiger partial charge is 0.459 e. The molecule has 0 radical (unpaired) electrons. The number of carbonyl (C=O) groups is 1. The number of allylic oxidation sites excluding steroid dienone is 2. The van der Waals surface area contributed by atoms with E-state index in [9.17, 15) is 22.4 Å². The number of hydrogen-bond donors (Lipinski definition) is 0. The van der Waals surface area contributed by atoms with Crippen LogP contribution < -0.4 is 0 Å². The van der Waals surface area contributed by atoms with Gasteiger partial charge in [0.05, 0.1) is 11.6 Å². The molecular weight excluding hydrogens is 338 g/mol. The summed E-state index contributed by atoms with van der Waals surface area (Å²) >= 11 is 5.21. The molecule has 1 aliphatic rings. The summed E-state index contributed by atoms with van der Waals surface area (Å²) in [6.07, 6.45) is -3.80. The number of pyridine rings is 1. The molecule has 126 valence electrons. The molecule has 0 amide bonds. The summed E-state index contributed by atoms with van der Waals surface area (Å²) in [7, 11) is 0. The molecule has 2 atom stereocenters. The van der Waals surface area contributed by atoms with Gasteiger partial charge in [0, 0.05) is 0 Å². The third kappa shape index (κ3) is 4.02. The van der Waals surface area contributed by atoms with Crippen molar-refractivity contribution in [2.24, 2.45) is 17.3 Å². The first-order valence-corrected chi connectivity index (χ1v) is 7.14. The molecule has 3 nitrogen and oxygen atoms in total. The predicted molar refractivity (Wildman–Crippen MR) is 74.7 cm³/mol. The first-order valence-electron chi connectivity index (χ1n) is 6.76. The minimum Gasteiger partial charge on any atom is -0.459 e. The topological polar surface area (TPSA) is 39.2 Å². The number of alkyl halides is 3. The number of nitrogens with zero attached hydrogens (tertiary/aromatic N) is 1. The van der Waals surface area contributed by atoms with E-state index in [1.807, 2.05) is 0 Å². The molecule has 1 fully saturated rings. The van der Waals surface area contributed by atoms with Crippen molar-refractivity contribution < 1.29 is 27.1 Å². The van der Waals surface area contributed by atoms with Crippen LogP contribution in [0.15, 0.2) is 29.3 Å². The van der Waals surface area contributed by atoms with E-state index in [1.54, 1.807) is 13.8 Å². The molecule has 0 N–H and O–H groups in total. The molecule has 1 aliphatic carbocycles. The maximum absolute atomic E-state index is 12.9. The molecule has 0 spiro atoms. The SMILES string of the molecule is CC1(C)[C@H](C=C(Cl)C(F)(F)F)[C@@H]1C(=O)OCc1cccc(F)n1. The van der Waals surface area contributed by atoms with Gasteiger partial charge in [-0.3, -0.25) is 4.79 Å². The van der Waals surface area contributed by atoms with Crippen LogP contribution in [0.2, 0.25) is 0 Å². The van der Waals surface area contributed by atoms with Crippen molar-refractivity contribution in [2.45, 2.75) is 26.6 Å². The summed E-state index contributed by atoms with van der Waals surface area (Å²) in [5, 5.41) is -1.25. The van der Waals surface area contributed by atoms with Gasteiger partial charge in [-0.25, -0.2) is 4.98 Å². The van der Waals surface area contributed by atoms with E-state index in [0.29, 0.717) is 0 Å². The highest BCUT2D eigenvalue weighted by Gasteiger charge is 2.62. The van der Waals surface area contributed by atoms with Crippen LogP contribution in [0.3, 0.4) is 0 Å². The second kappa shape index (κ2) is 6.11. The van der Waals surface area contributed by atoms with Gasteiger partial charge in [0.2, 0.25) is 5.95 Å². The van der Waals surface area contributed by atoms with Crippen molar-refractivity contribution in [3.05, 3.63) is 40.9 Å². The summed E-state index contributed by atoms with van der Waals surface area (Å²) in [6.45, 7) is 3.06. The number of halogens is 5. The third-order valence-corrected chi connectivity index (χ3v) is 4.24. The highest BCUT2D eigenvalue weighted by atomic mass is 35.5. The van der Waals surface area contributed by atoms with Gasteiger partial charge in [0.25, 0.3) is 0 Å². The summed E-state index contributed by atoms with van der Waals surface area (Å²) in [4.78, 5) is 15.6. The third-order valence-electron chi connectivity index (χ3n) is 3.90. The quantitative estimate of drug-likeness (QED) is 0.463. The monoisotopic (exact) mass is 351 g/mol. The summed E-state index contributed by atoms with van der Waals surface area (Å²) in [5.41, 5.74) is -0.463. The Kier molecular flexibility index (Phi) is 4.71. The summed E-state index contributed by atoms with van der Waals surface area (Å²) in [6, 6.07) is 4.04. The van der Waals surface area contributed by atoms with Gasteiger partial charge >= 0.3 is 12.1 Å². The van der Waals surface area contributed by atoms with E-state index in [0.717, 1.165) is 12.1 Å². The lowest BCUT2D eigenvalue weighted by molar-refractivity contribution is -0.147. The zero-order valence-electron chi connectivity index (χ0n) is 12.3. The average molecular weight is 352 g/mol. The average Bonchev–Trinajstić information content (AvgIpc) is 2.96. The first kappa shape index (κ1) is 17.7. The van der Waals surface area contributed by atoms with Crippen molar-refractivity contribution >= 4 is 17.6 Å². The van der Waals surface area contributed by atoms with Gasteiger partial charge in [-0.1, -0.05) is 37.6 Å². The minimum absolute atomic E-state index is 0.220. The Hall–Kier alpha value is -1.63. The lowest BCUT2D eigenvalue weighted by Crippen LogP contribution is -2.11. The molecule has 2 rings (SSSR count). The van der Waals surface area contributed by atoms with Gasteiger partial charge in [0.1, 0.15) is 11.6 Å². The van der Waals surface area contributed by atoms with Crippen LogP contribution >= 0.6 is 11.6 Å². The minimum atomic E-state index is -4.64. The normalized spacial score (nSPS) is 23.5. The second-order valence-electron chi connectivity index (χ2n) is 5.90. The molecule has 0 saturated heterocycles. The Bertz CT molecular complexity index is 643. The number of aromatic nitrogens is 1. The molecule has 1 aromatic rings. The van der Waals surface area contributed by atoms with Gasteiger partial charge < -0.3 is 4.74 Å². The molecule has 1 saturated carbocycles. The zero-order valence-corrected chi connectivity index (χ0v) is 13.1. The van der Waals surface area contributed by atoms with Crippen LogP contribution in [0.25, 0.3) is 0 Å². The highest BCUT2D eigenvalue weighted by molar-refractivity contribution is 6.30. The van der Waals surface area contributed by atoms with Gasteiger partial charge in [0.15, 0.2) is 0 Å². The van der Waals surface area contributed by atoms with Crippen LogP contribution in [-0.4, -0.2) is 17.1 Å². The van der Waals surface area contributed by atoms with Gasteiger partial charge in [-0.15, -0.1) is 0 Å². The van der Waals surface area contributed by atoms with Crippen molar-refractivity contribution in [2.75, 3.05) is 0 Å². The highest BCUT2D eigenvalue weighted by Crippen LogP contribution is 2.60. The summed E-state index contributed by atoms with van der Waals surface area (Å²) < 4.78 is 55.3. The molecule has 0 aromatic carbocycles. The maximum atomic E-state index is 12.9. The standard InChI is InChI=1S/C15H14ClF4NO2/c1-14(2)9(6-10(16)15(18,19)20)12(14)13(22)23-7-8-4-3-5-11(17)21-8/h3-6,9,12H,7H2,1-2H3/t9-,12-/m1/s1. The van der Waals surface area contributed by atoms with Crippen LogP contribution in [0, 0.1) is 23.2 Å². The van der Waals surface area contributed by atoms with E-state index >= 15 is 0 Å². The fourth-order valence-electron chi connectivity index (χ4n) is 2.46. The predicted octanol–water partition coefficient (Wildman–Crippen LogP) is 4.22. The fraction of sp³-hybridized carbons (Fsp3) is 0.467. The van der Waals surface area contributed by atoms with E-state index in [1.165, 1.54) is 12.1 Å². The van der Waals surface area contributed by atoms with Crippen molar-refractivity contribution in [3.63, 3.8) is 0 Å². The van der Waals surface area contributed by atoms with Crippen LogP contribution in [0.4, 0.5) is 17.6 Å². The molecule has 1 aromatic heterocycles. The number of hydrogen-bond acceptors (Lipinski definition) is 3. The van der Waals surface area contributed by atoms with E-state index in [2.05, 4.69) is 4.98 Å². The van der Waals surface area contributed by atoms with Crippen LogP contribution in [0.5, 0.6) is 0 Å². The Morgan fingerprint density at radius 1 is 1.43 bits per heavy atom. The Balaban J connectivity index is 2.00. The molecule has 0 bridgehead atoms. The fourth-order valence-corrected chi connectivity index (χ4v) is 2.59. The van der Waals surface area contributed by atoms with Crippen molar-refractivity contribution in [1.29, 1.82) is 0 Å². The van der Waals surface area contributed by atoms with E-state index in [4.69, 9.17) is 16.3 Å². The Morgan fingerprint density at radius 3 is 2.65 bits per heavy atom. The molecule has 23 heavy (non-hydrogen) atoms. The smallest absolute Gasteiger partial charge is 0.426 e. The molecule has 1 heterocycles. The first-order chi connectivity index (χ1) is 10.5. The lowest BCUT2D eigenvalue weighted by atomic mass is 10.1. The number of carbonyl (C=O) groups excluding carboxylic acids is 1. The number of ether oxygens (including phenoxy) is 1. The van der Waals surface area contributed by atoms with Crippen molar-refractivity contribution in [1.82, 2.24) is 4.98 Å². The maximum Gasteiger partial charge on any atom is 0.426 e. The van der Waals surface area contributed by atoms with Crippen molar-refractivity contribution in [3.8, 4) is 0 Å². The zero-order chi connectivity index (χ0) is 17.4. The van der Waals surface area contributed by atoms with Gasteiger partial charge in [-0.05, 0) is 23.5 Å². The molecule has 8 heteroatoms. The molecular formula is C15H14ClF4NO2. The number of rotatable bonds is 4. The Morgan fingerprint density at radius 2 is 2.09 bits per heavy atom. The second-order valence-corrected chi connectivity index (χ2v) is 6.30. The molecule has 0 unspecified atom stereocenters. The van der Waals surface area contributed by atoms with E-state index < -0.39 is 40.4 Å². The number of esters is 1. The summed E-state index contributed by atoms with van der Waals surface area (Å²) in [5.74, 6) is -2.76. The van der Waals surface area contributed by atoms with E-state index in [-0.39, 0.29) is 12.3 Å². The van der Waals surface area contributed by atoms with Crippen LogP contribution in [0.1, 0.15) is 19.5 Å². The lowest BCUT2D eigenvalue weighted by Gasteiger charge is -2.05.